The third-order valence-electron chi connectivity index (χ3n) is 3.65. The van der Waals surface area contributed by atoms with Crippen LogP contribution < -0.4 is 4.90 Å². The molecule has 1 aromatic carbocycles. The van der Waals surface area contributed by atoms with Gasteiger partial charge < -0.3 is 14.7 Å². The molecule has 18 heavy (non-hydrogen) atoms. The van der Waals surface area contributed by atoms with Crippen molar-refractivity contribution in [3.63, 3.8) is 0 Å². The Labute approximate surface area is 105 Å². The lowest BCUT2D eigenvalue weighted by atomic mass is 9.87. The summed E-state index contributed by atoms with van der Waals surface area (Å²) >= 11 is 0. The fourth-order valence-electron chi connectivity index (χ4n) is 2.81. The zero-order valence-corrected chi connectivity index (χ0v) is 10.2. The molecule has 0 fully saturated rings. The molecular formula is C14H15NO3. The van der Waals surface area contributed by atoms with Crippen molar-refractivity contribution in [2.24, 2.45) is 0 Å². The van der Waals surface area contributed by atoms with Gasteiger partial charge in [0.2, 0.25) is 0 Å². The molecule has 0 saturated carbocycles. The van der Waals surface area contributed by atoms with Crippen LogP contribution in [0.15, 0.2) is 35.5 Å². The number of para-hydroxylation sites is 1. The van der Waals surface area contributed by atoms with E-state index in [9.17, 15) is 9.90 Å². The molecule has 0 aromatic heterocycles. The second-order valence-corrected chi connectivity index (χ2v) is 4.59. The van der Waals surface area contributed by atoms with Gasteiger partial charge in [0, 0.05) is 18.2 Å². The molecule has 2 aliphatic heterocycles. The summed E-state index contributed by atoms with van der Waals surface area (Å²) in [5, 5.41) is 9.21. The lowest BCUT2D eigenvalue weighted by molar-refractivity contribution is -0.136. The number of esters is 1. The SMILES string of the molecule is CC1C2=C(COC2=O)N(CCO)c2ccccc21. The molecular weight excluding hydrogens is 230 g/mol. The van der Waals surface area contributed by atoms with E-state index in [-0.39, 0.29) is 18.5 Å². The van der Waals surface area contributed by atoms with Gasteiger partial charge in [-0.25, -0.2) is 4.79 Å². The summed E-state index contributed by atoms with van der Waals surface area (Å²) in [6.07, 6.45) is 0. The third kappa shape index (κ3) is 1.46. The van der Waals surface area contributed by atoms with Crippen molar-refractivity contribution in [3.05, 3.63) is 41.1 Å². The first-order valence-corrected chi connectivity index (χ1v) is 6.11. The number of hydrogen-bond donors (Lipinski definition) is 1. The summed E-state index contributed by atoms with van der Waals surface area (Å²) in [7, 11) is 0. The van der Waals surface area contributed by atoms with Gasteiger partial charge in [0.1, 0.15) is 6.61 Å². The topological polar surface area (TPSA) is 49.8 Å². The molecule has 4 nitrogen and oxygen atoms in total. The molecule has 2 heterocycles. The number of hydrogen-bond acceptors (Lipinski definition) is 4. The number of cyclic esters (lactones) is 1. The Morgan fingerprint density at radius 3 is 3.00 bits per heavy atom. The number of nitrogens with zero attached hydrogens (tertiary/aromatic N) is 1. The van der Waals surface area contributed by atoms with Gasteiger partial charge in [0.15, 0.2) is 0 Å². The molecule has 3 rings (SSSR count). The first-order chi connectivity index (χ1) is 8.74. The second-order valence-electron chi connectivity index (χ2n) is 4.59. The van der Waals surface area contributed by atoms with Crippen molar-refractivity contribution in [2.75, 3.05) is 24.7 Å². The number of benzene rings is 1. The van der Waals surface area contributed by atoms with Crippen molar-refractivity contribution >= 4 is 11.7 Å². The van der Waals surface area contributed by atoms with E-state index >= 15 is 0 Å². The molecule has 0 amide bonds. The Morgan fingerprint density at radius 2 is 2.22 bits per heavy atom. The Morgan fingerprint density at radius 1 is 1.44 bits per heavy atom. The van der Waals surface area contributed by atoms with Gasteiger partial charge in [0.05, 0.1) is 17.9 Å². The van der Waals surface area contributed by atoms with Gasteiger partial charge in [0.25, 0.3) is 0 Å². The Hall–Kier alpha value is -1.81. The lowest BCUT2D eigenvalue weighted by Crippen LogP contribution is -2.32. The maximum atomic E-state index is 11.8. The van der Waals surface area contributed by atoms with Crippen LogP contribution in [0, 0.1) is 0 Å². The highest BCUT2D eigenvalue weighted by atomic mass is 16.5. The first-order valence-electron chi connectivity index (χ1n) is 6.11. The maximum absolute atomic E-state index is 11.8. The molecule has 0 bridgehead atoms. The molecule has 0 aliphatic carbocycles. The predicted molar refractivity (Wildman–Crippen MR) is 67.3 cm³/mol. The first kappa shape index (κ1) is 11.3. The normalized spacial score (nSPS) is 21.8. The largest absolute Gasteiger partial charge is 0.456 e. The number of anilines is 1. The van der Waals surface area contributed by atoms with E-state index in [1.807, 2.05) is 36.1 Å². The summed E-state index contributed by atoms with van der Waals surface area (Å²) in [4.78, 5) is 13.8. The number of carbonyl (C=O) groups excluding carboxylic acids is 1. The number of fused-ring (bicyclic) bond motifs is 1. The van der Waals surface area contributed by atoms with Crippen LogP contribution in [0.4, 0.5) is 5.69 Å². The van der Waals surface area contributed by atoms with E-state index in [1.54, 1.807) is 0 Å². The minimum Gasteiger partial charge on any atom is -0.456 e. The number of aliphatic hydroxyl groups excluding tert-OH is 1. The van der Waals surface area contributed by atoms with Gasteiger partial charge in [-0.2, -0.15) is 0 Å². The summed E-state index contributed by atoms with van der Waals surface area (Å²) in [5.41, 5.74) is 3.82. The van der Waals surface area contributed by atoms with E-state index in [1.165, 1.54) is 0 Å². The summed E-state index contributed by atoms with van der Waals surface area (Å²) < 4.78 is 5.14. The van der Waals surface area contributed by atoms with Crippen molar-refractivity contribution in [1.29, 1.82) is 0 Å². The number of carbonyl (C=O) groups is 1. The fraction of sp³-hybridized carbons (Fsp3) is 0.357. The molecule has 4 heteroatoms. The molecule has 0 radical (unpaired) electrons. The van der Waals surface area contributed by atoms with Crippen LogP contribution in [0.25, 0.3) is 0 Å². The van der Waals surface area contributed by atoms with Crippen LogP contribution >= 0.6 is 0 Å². The van der Waals surface area contributed by atoms with Crippen molar-refractivity contribution < 1.29 is 14.6 Å². The second kappa shape index (κ2) is 4.14. The van der Waals surface area contributed by atoms with E-state index in [0.29, 0.717) is 13.2 Å². The highest BCUT2D eigenvalue weighted by molar-refractivity contribution is 5.96. The van der Waals surface area contributed by atoms with Crippen molar-refractivity contribution in [2.45, 2.75) is 12.8 Å². The van der Waals surface area contributed by atoms with E-state index in [0.717, 1.165) is 22.5 Å². The van der Waals surface area contributed by atoms with E-state index in [4.69, 9.17) is 4.74 Å². The van der Waals surface area contributed by atoms with Gasteiger partial charge in [-0.05, 0) is 11.6 Å². The number of ether oxygens (including phenoxy) is 1. The fourth-order valence-corrected chi connectivity index (χ4v) is 2.81. The quantitative estimate of drug-likeness (QED) is 0.800. The average Bonchev–Trinajstić information content (AvgIpc) is 2.77. The molecule has 0 spiro atoms. The predicted octanol–water partition coefficient (Wildman–Crippen LogP) is 1.41. The summed E-state index contributed by atoms with van der Waals surface area (Å²) in [6, 6.07) is 7.99. The van der Waals surface area contributed by atoms with Gasteiger partial charge in [-0.1, -0.05) is 25.1 Å². The van der Waals surface area contributed by atoms with Crippen LogP contribution in [0.2, 0.25) is 0 Å². The van der Waals surface area contributed by atoms with Crippen LogP contribution in [0.1, 0.15) is 18.4 Å². The Bertz CT molecular complexity index is 536. The van der Waals surface area contributed by atoms with E-state index in [2.05, 4.69) is 0 Å². The maximum Gasteiger partial charge on any atom is 0.336 e. The van der Waals surface area contributed by atoms with Crippen LogP contribution in [-0.2, 0) is 9.53 Å². The van der Waals surface area contributed by atoms with Gasteiger partial charge >= 0.3 is 5.97 Å². The molecule has 1 N–H and O–H groups in total. The highest BCUT2D eigenvalue weighted by Crippen LogP contribution is 2.43. The monoisotopic (exact) mass is 245 g/mol. The highest BCUT2D eigenvalue weighted by Gasteiger charge is 2.38. The van der Waals surface area contributed by atoms with Crippen molar-refractivity contribution in [1.82, 2.24) is 0 Å². The van der Waals surface area contributed by atoms with Crippen LogP contribution in [-0.4, -0.2) is 30.8 Å². The summed E-state index contributed by atoms with van der Waals surface area (Å²) in [5.74, 6) is -0.170. The smallest absolute Gasteiger partial charge is 0.336 e. The molecule has 1 aromatic rings. The number of rotatable bonds is 2. The molecule has 2 aliphatic rings. The zero-order valence-electron chi connectivity index (χ0n) is 10.2. The van der Waals surface area contributed by atoms with Crippen molar-refractivity contribution in [3.8, 4) is 0 Å². The number of β-amino-alcohol motifs (C(OH)–C–C–N with tert-alkyl or cyclic N) is 1. The Kier molecular flexibility index (Phi) is 2.59. The molecule has 1 atom stereocenters. The minimum atomic E-state index is -0.227. The number of aliphatic hydroxyl groups is 1. The minimum absolute atomic E-state index is 0.0493. The molecule has 94 valence electrons. The molecule has 0 saturated heterocycles. The zero-order chi connectivity index (χ0) is 12.7. The lowest BCUT2D eigenvalue weighted by Gasteiger charge is -2.33. The van der Waals surface area contributed by atoms with E-state index < -0.39 is 0 Å². The standard InChI is InChI=1S/C14H15NO3/c1-9-10-4-2-3-5-11(10)15(6-7-16)12-8-18-14(17)13(9)12/h2-5,9,16H,6-8H2,1H3. The average molecular weight is 245 g/mol. The van der Waals surface area contributed by atoms with Gasteiger partial charge in [-0.15, -0.1) is 0 Å². The van der Waals surface area contributed by atoms with Crippen LogP contribution in [0.5, 0.6) is 0 Å². The van der Waals surface area contributed by atoms with Crippen LogP contribution in [0.3, 0.4) is 0 Å². The summed E-state index contributed by atoms with van der Waals surface area (Å²) in [6.45, 7) is 2.87. The van der Waals surface area contributed by atoms with Gasteiger partial charge in [-0.3, -0.25) is 0 Å². The third-order valence-corrected chi connectivity index (χ3v) is 3.65. The Balaban J connectivity index is 2.16. The molecule has 1 unspecified atom stereocenters.